The smallest absolute Gasteiger partial charge is 0.278 e. The molecule has 0 radical (unpaired) electrons. The van der Waals surface area contributed by atoms with E-state index < -0.39 is 5.91 Å². The minimum absolute atomic E-state index is 0.252. The molecule has 9 heteroatoms. The fraction of sp³-hybridized carbons (Fsp3) is 0.0556. The number of rotatable bonds is 4. The van der Waals surface area contributed by atoms with Crippen LogP contribution in [0.5, 0.6) is 0 Å². The van der Waals surface area contributed by atoms with Gasteiger partial charge in [0.25, 0.3) is 5.56 Å². The number of carbonyl (C=O) groups is 1. The number of fused-ring (bicyclic) bond motifs is 1. The molecule has 1 amide bonds. The zero-order valence-electron chi connectivity index (χ0n) is 13.8. The van der Waals surface area contributed by atoms with Crippen LogP contribution in [-0.4, -0.2) is 25.9 Å². The Hall–Kier alpha value is -3.10. The number of halogens is 1. The summed E-state index contributed by atoms with van der Waals surface area (Å²) in [5, 5.41) is 13.7. The summed E-state index contributed by atoms with van der Waals surface area (Å²) >= 11 is 7.44. The highest BCUT2D eigenvalue weighted by Gasteiger charge is 2.13. The maximum Gasteiger partial charge on any atom is 0.278 e. The molecule has 0 spiro atoms. The Morgan fingerprint density at radius 3 is 2.78 bits per heavy atom. The first-order valence-corrected chi connectivity index (χ1v) is 9.20. The standard InChI is InChI=1S/C18H12ClN5O2S/c19-13-7-3-1-5-11(13)15-10-27-18(20-15)21-16(25)9-24-17(26)12-6-2-4-8-14(12)22-23-24/h1-8,10H,9H2,(H,20,21,25). The normalized spacial score (nSPS) is 10.9. The average molecular weight is 398 g/mol. The molecule has 27 heavy (non-hydrogen) atoms. The molecular weight excluding hydrogens is 386 g/mol. The van der Waals surface area contributed by atoms with Gasteiger partial charge in [-0.15, -0.1) is 16.4 Å². The molecule has 4 aromatic rings. The number of aromatic nitrogens is 4. The van der Waals surface area contributed by atoms with E-state index in [0.29, 0.717) is 26.8 Å². The fourth-order valence-electron chi connectivity index (χ4n) is 2.55. The van der Waals surface area contributed by atoms with Crippen LogP contribution in [0.15, 0.2) is 58.7 Å². The van der Waals surface area contributed by atoms with Gasteiger partial charge in [0.2, 0.25) is 5.91 Å². The molecule has 0 aliphatic carbocycles. The van der Waals surface area contributed by atoms with Gasteiger partial charge in [0.15, 0.2) is 5.13 Å². The van der Waals surface area contributed by atoms with Crippen LogP contribution in [0.2, 0.25) is 5.02 Å². The largest absolute Gasteiger partial charge is 0.300 e. The molecule has 4 rings (SSSR count). The van der Waals surface area contributed by atoms with Gasteiger partial charge in [0.1, 0.15) is 12.1 Å². The molecule has 0 saturated heterocycles. The van der Waals surface area contributed by atoms with Crippen LogP contribution in [0.4, 0.5) is 5.13 Å². The van der Waals surface area contributed by atoms with Gasteiger partial charge in [0.05, 0.1) is 11.1 Å². The third-order valence-electron chi connectivity index (χ3n) is 3.82. The summed E-state index contributed by atoms with van der Waals surface area (Å²) in [6.07, 6.45) is 0. The quantitative estimate of drug-likeness (QED) is 0.571. The van der Waals surface area contributed by atoms with Gasteiger partial charge in [0, 0.05) is 16.0 Å². The SMILES string of the molecule is O=C(Cn1nnc2ccccc2c1=O)Nc1nc(-c2ccccc2Cl)cs1. The summed E-state index contributed by atoms with van der Waals surface area (Å²) in [6, 6.07) is 14.2. The molecule has 0 saturated carbocycles. The number of hydrogen-bond donors (Lipinski definition) is 1. The summed E-state index contributed by atoms with van der Waals surface area (Å²) in [6.45, 7) is -0.252. The molecule has 2 aromatic carbocycles. The average Bonchev–Trinajstić information content (AvgIpc) is 3.12. The lowest BCUT2D eigenvalue weighted by atomic mass is 10.2. The highest BCUT2D eigenvalue weighted by atomic mass is 35.5. The molecule has 0 bridgehead atoms. The van der Waals surface area contributed by atoms with Crippen LogP contribution in [0.25, 0.3) is 22.2 Å². The van der Waals surface area contributed by atoms with Crippen molar-refractivity contribution < 1.29 is 4.79 Å². The van der Waals surface area contributed by atoms with E-state index in [0.717, 1.165) is 10.2 Å². The highest BCUT2D eigenvalue weighted by Crippen LogP contribution is 2.30. The van der Waals surface area contributed by atoms with Crippen molar-refractivity contribution in [3.8, 4) is 11.3 Å². The van der Waals surface area contributed by atoms with Crippen LogP contribution < -0.4 is 10.9 Å². The van der Waals surface area contributed by atoms with Crippen molar-refractivity contribution >= 4 is 44.9 Å². The van der Waals surface area contributed by atoms with Gasteiger partial charge in [-0.25, -0.2) is 9.67 Å². The third kappa shape index (κ3) is 3.57. The lowest BCUT2D eigenvalue weighted by Crippen LogP contribution is -2.30. The first kappa shape index (κ1) is 17.3. The summed E-state index contributed by atoms with van der Waals surface area (Å²) in [7, 11) is 0. The lowest BCUT2D eigenvalue weighted by Gasteiger charge is -2.04. The maximum atomic E-state index is 12.4. The number of carbonyl (C=O) groups excluding carboxylic acids is 1. The van der Waals surface area contributed by atoms with Crippen molar-refractivity contribution in [3.63, 3.8) is 0 Å². The van der Waals surface area contributed by atoms with Gasteiger partial charge >= 0.3 is 0 Å². The van der Waals surface area contributed by atoms with Crippen molar-refractivity contribution in [2.75, 3.05) is 5.32 Å². The van der Waals surface area contributed by atoms with E-state index in [1.54, 1.807) is 35.7 Å². The molecule has 0 aliphatic heterocycles. The van der Waals surface area contributed by atoms with Crippen molar-refractivity contribution in [1.82, 2.24) is 20.0 Å². The molecule has 1 N–H and O–H groups in total. The Bertz CT molecular complexity index is 1200. The number of nitrogens with zero attached hydrogens (tertiary/aromatic N) is 4. The first-order valence-electron chi connectivity index (χ1n) is 7.94. The Labute approximate surface area is 162 Å². The van der Waals surface area contributed by atoms with E-state index in [-0.39, 0.29) is 12.1 Å². The Morgan fingerprint density at radius 2 is 1.93 bits per heavy atom. The summed E-state index contributed by atoms with van der Waals surface area (Å²) in [4.78, 5) is 29.1. The molecule has 0 aliphatic rings. The zero-order chi connectivity index (χ0) is 18.8. The minimum Gasteiger partial charge on any atom is -0.300 e. The monoisotopic (exact) mass is 397 g/mol. The van der Waals surface area contributed by atoms with Crippen molar-refractivity contribution in [2.45, 2.75) is 6.54 Å². The summed E-state index contributed by atoms with van der Waals surface area (Å²) < 4.78 is 1.03. The van der Waals surface area contributed by atoms with Gasteiger partial charge in [-0.1, -0.05) is 47.1 Å². The predicted molar refractivity (Wildman–Crippen MR) is 105 cm³/mol. The van der Waals surface area contributed by atoms with Gasteiger partial charge in [-0.05, 0) is 18.2 Å². The van der Waals surface area contributed by atoms with Crippen LogP contribution >= 0.6 is 22.9 Å². The van der Waals surface area contributed by atoms with Gasteiger partial charge in [-0.3, -0.25) is 9.59 Å². The van der Waals surface area contributed by atoms with Gasteiger partial charge < -0.3 is 5.32 Å². The minimum atomic E-state index is -0.415. The highest BCUT2D eigenvalue weighted by molar-refractivity contribution is 7.14. The van der Waals surface area contributed by atoms with Crippen LogP contribution in [0.3, 0.4) is 0 Å². The van der Waals surface area contributed by atoms with Crippen LogP contribution in [-0.2, 0) is 11.3 Å². The van der Waals surface area contributed by atoms with E-state index in [1.807, 2.05) is 18.2 Å². The second kappa shape index (κ2) is 7.26. The molecule has 2 heterocycles. The van der Waals surface area contributed by atoms with E-state index in [2.05, 4.69) is 20.6 Å². The number of benzene rings is 2. The fourth-order valence-corrected chi connectivity index (χ4v) is 3.50. The van der Waals surface area contributed by atoms with Crippen LogP contribution in [0.1, 0.15) is 0 Å². The molecule has 2 aromatic heterocycles. The third-order valence-corrected chi connectivity index (χ3v) is 4.91. The second-order valence-corrected chi connectivity index (χ2v) is 6.90. The molecular formula is C18H12ClN5O2S. The van der Waals surface area contributed by atoms with Gasteiger partial charge in [-0.2, -0.15) is 0 Å². The van der Waals surface area contributed by atoms with E-state index in [9.17, 15) is 9.59 Å². The Kier molecular flexibility index (Phi) is 4.66. The number of thiazole rings is 1. The molecule has 0 unspecified atom stereocenters. The number of hydrogen-bond acceptors (Lipinski definition) is 6. The number of amides is 1. The van der Waals surface area contributed by atoms with Crippen molar-refractivity contribution in [2.24, 2.45) is 0 Å². The van der Waals surface area contributed by atoms with E-state index >= 15 is 0 Å². The van der Waals surface area contributed by atoms with E-state index in [1.165, 1.54) is 11.3 Å². The van der Waals surface area contributed by atoms with Crippen LogP contribution in [0, 0.1) is 0 Å². The van der Waals surface area contributed by atoms with Crippen molar-refractivity contribution in [1.29, 1.82) is 0 Å². The topological polar surface area (TPSA) is 89.8 Å². The molecule has 134 valence electrons. The molecule has 7 nitrogen and oxygen atoms in total. The zero-order valence-corrected chi connectivity index (χ0v) is 15.4. The molecule has 0 atom stereocenters. The predicted octanol–water partition coefficient (Wildman–Crippen LogP) is 3.21. The molecule has 0 fully saturated rings. The summed E-state index contributed by atoms with van der Waals surface area (Å²) in [5.41, 5.74) is 1.58. The number of nitrogens with one attached hydrogen (secondary N) is 1. The maximum absolute atomic E-state index is 12.4. The lowest BCUT2D eigenvalue weighted by molar-refractivity contribution is -0.117. The first-order chi connectivity index (χ1) is 13.1. The van der Waals surface area contributed by atoms with Crippen molar-refractivity contribution in [3.05, 3.63) is 69.3 Å². The van der Waals surface area contributed by atoms with E-state index in [4.69, 9.17) is 11.6 Å². The summed E-state index contributed by atoms with van der Waals surface area (Å²) in [5.74, 6) is -0.415. The Morgan fingerprint density at radius 1 is 1.15 bits per heavy atom. The second-order valence-electron chi connectivity index (χ2n) is 5.64. The Balaban J connectivity index is 1.52. The number of anilines is 1.